The number of hydrogen-bond donors (Lipinski definition) is 0. The van der Waals surface area contributed by atoms with Gasteiger partial charge in [0.05, 0.1) is 0 Å². The van der Waals surface area contributed by atoms with E-state index in [1.807, 2.05) is 6.07 Å². The van der Waals surface area contributed by atoms with E-state index < -0.39 is 0 Å². The molecule has 0 saturated carbocycles. The summed E-state index contributed by atoms with van der Waals surface area (Å²) in [4.78, 5) is 0. The first-order chi connectivity index (χ1) is 25.5. The predicted molar refractivity (Wildman–Crippen MR) is 220 cm³/mol. The van der Waals surface area contributed by atoms with E-state index in [1.54, 1.807) is 0 Å². The van der Waals surface area contributed by atoms with Gasteiger partial charge in [-0.3, -0.25) is 0 Å². The van der Waals surface area contributed by atoms with Crippen molar-refractivity contribution in [2.24, 2.45) is 0 Å². The van der Waals surface area contributed by atoms with E-state index in [-0.39, 0.29) is 5.41 Å². The maximum atomic E-state index is 6.26. The lowest BCUT2D eigenvalue weighted by Crippen LogP contribution is -2.15. The molecule has 1 nitrogen and oxygen atoms in total. The van der Waals surface area contributed by atoms with E-state index in [0.717, 1.165) is 11.2 Å². The van der Waals surface area contributed by atoms with Gasteiger partial charge in [-0.25, -0.2) is 0 Å². The topological polar surface area (TPSA) is 13.1 Å². The van der Waals surface area contributed by atoms with Gasteiger partial charge in [-0.1, -0.05) is 159 Å². The van der Waals surface area contributed by atoms with Gasteiger partial charge in [0.1, 0.15) is 11.2 Å². The SMILES string of the molecule is CC1(C)c2ccc(-c3ccc(-c4c5ccccc5c(-c5ccccc5)c5ccccc45)cc3)cc2-c2ccc3cc4oc5ccccc5c4cc3c21. The molecule has 0 amide bonds. The van der Waals surface area contributed by atoms with Gasteiger partial charge in [0.2, 0.25) is 0 Å². The van der Waals surface area contributed by atoms with Crippen molar-refractivity contribution in [3.63, 3.8) is 0 Å². The lowest BCUT2D eigenvalue weighted by atomic mass is 9.80. The Labute approximate surface area is 302 Å². The Balaban J connectivity index is 1.04. The van der Waals surface area contributed by atoms with Crippen LogP contribution in [0.4, 0.5) is 0 Å². The Morgan fingerprint density at radius 3 is 1.60 bits per heavy atom. The minimum absolute atomic E-state index is 0.131. The van der Waals surface area contributed by atoms with Crippen LogP contribution in [-0.4, -0.2) is 0 Å². The fourth-order valence-electron chi connectivity index (χ4n) is 9.25. The summed E-state index contributed by atoms with van der Waals surface area (Å²) in [5, 5.41) is 9.99. The molecular formula is C51H34O. The third-order valence-corrected chi connectivity index (χ3v) is 11.6. The number of benzene rings is 9. The van der Waals surface area contributed by atoms with Crippen molar-refractivity contribution in [3.8, 4) is 44.5 Å². The van der Waals surface area contributed by atoms with E-state index in [0.29, 0.717) is 0 Å². The molecule has 1 aliphatic carbocycles. The van der Waals surface area contributed by atoms with Crippen LogP contribution in [0.2, 0.25) is 0 Å². The summed E-state index contributed by atoms with van der Waals surface area (Å²) in [6.45, 7) is 4.75. The van der Waals surface area contributed by atoms with Gasteiger partial charge in [0.15, 0.2) is 0 Å². The number of hydrogen-bond acceptors (Lipinski definition) is 1. The second-order valence-corrected chi connectivity index (χ2v) is 14.8. The smallest absolute Gasteiger partial charge is 0.136 e. The lowest BCUT2D eigenvalue weighted by molar-refractivity contribution is 0.665. The quantitative estimate of drug-likeness (QED) is 0.172. The number of para-hydroxylation sites is 1. The van der Waals surface area contributed by atoms with Crippen molar-refractivity contribution < 1.29 is 4.42 Å². The van der Waals surface area contributed by atoms with Crippen LogP contribution >= 0.6 is 0 Å². The third-order valence-electron chi connectivity index (χ3n) is 11.6. The summed E-state index contributed by atoms with van der Waals surface area (Å²) >= 11 is 0. The van der Waals surface area contributed by atoms with E-state index in [4.69, 9.17) is 4.42 Å². The highest BCUT2D eigenvalue weighted by molar-refractivity contribution is 6.21. The van der Waals surface area contributed by atoms with Crippen molar-refractivity contribution in [2.75, 3.05) is 0 Å². The summed E-state index contributed by atoms with van der Waals surface area (Å²) in [6.07, 6.45) is 0. The molecule has 10 aromatic rings. The fraction of sp³-hybridized carbons (Fsp3) is 0.0588. The molecule has 9 aromatic carbocycles. The van der Waals surface area contributed by atoms with Crippen LogP contribution in [-0.2, 0) is 5.41 Å². The predicted octanol–water partition coefficient (Wildman–Crippen LogP) is 14.4. The summed E-state index contributed by atoms with van der Waals surface area (Å²) in [5.74, 6) is 0. The monoisotopic (exact) mass is 662 g/mol. The van der Waals surface area contributed by atoms with E-state index in [2.05, 4.69) is 178 Å². The number of rotatable bonds is 3. The molecule has 1 aliphatic rings. The maximum Gasteiger partial charge on any atom is 0.136 e. The van der Waals surface area contributed by atoms with Crippen molar-refractivity contribution in [2.45, 2.75) is 19.3 Å². The van der Waals surface area contributed by atoms with Crippen LogP contribution in [0.5, 0.6) is 0 Å². The van der Waals surface area contributed by atoms with Gasteiger partial charge in [0, 0.05) is 16.2 Å². The molecule has 0 radical (unpaired) electrons. The molecule has 11 rings (SSSR count). The highest BCUT2D eigenvalue weighted by atomic mass is 16.3. The highest BCUT2D eigenvalue weighted by Gasteiger charge is 2.37. The molecule has 0 atom stereocenters. The molecule has 0 saturated heterocycles. The fourth-order valence-corrected chi connectivity index (χ4v) is 9.25. The standard InChI is InChI=1S/C51H34O/c1-51(2)45-27-25-34(28-43(45)41-26-24-35-29-47-44(30-42(35)50(41)51)36-14-10-11-19-46(36)52-47)31-20-22-33(23-21-31)49-39-17-8-6-15-37(39)48(32-12-4-3-5-13-32)38-16-7-9-18-40(38)49/h3-30H,1-2H3. The first-order valence-corrected chi connectivity index (χ1v) is 18.2. The van der Waals surface area contributed by atoms with Crippen molar-refractivity contribution >= 4 is 54.3 Å². The molecule has 0 fully saturated rings. The van der Waals surface area contributed by atoms with Gasteiger partial charge in [-0.2, -0.15) is 0 Å². The van der Waals surface area contributed by atoms with Crippen LogP contribution in [0.25, 0.3) is 98.8 Å². The largest absolute Gasteiger partial charge is 0.456 e. The highest BCUT2D eigenvalue weighted by Crippen LogP contribution is 2.53. The number of fused-ring (bicyclic) bond motifs is 10. The van der Waals surface area contributed by atoms with Crippen LogP contribution < -0.4 is 0 Å². The maximum absolute atomic E-state index is 6.26. The molecule has 0 unspecified atom stereocenters. The van der Waals surface area contributed by atoms with Crippen LogP contribution in [0.3, 0.4) is 0 Å². The van der Waals surface area contributed by atoms with E-state index in [1.165, 1.54) is 98.7 Å². The van der Waals surface area contributed by atoms with Crippen LogP contribution in [0.15, 0.2) is 174 Å². The van der Waals surface area contributed by atoms with Gasteiger partial charge in [-0.05, 0) is 112 Å². The zero-order valence-corrected chi connectivity index (χ0v) is 29.1. The molecule has 0 bridgehead atoms. The Morgan fingerprint density at radius 1 is 0.365 bits per heavy atom. The van der Waals surface area contributed by atoms with Gasteiger partial charge in [0.25, 0.3) is 0 Å². The third kappa shape index (κ3) is 4.11. The summed E-state index contributed by atoms with van der Waals surface area (Å²) in [5.41, 5.74) is 14.7. The molecule has 0 spiro atoms. The summed E-state index contributed by atoms with van der Waals surface area (Å²) in [7, 11) is 0. The second-order valence-electron chi connectivity index (χ2n) is 14.8. The molecule has 0 aliphatic heterocycles. The van der Waals surface area contributed by atoms with Gasteiger partial charge < -0.3 is 4.42 Å². The molecule has 1 heterocycles. The Bertz CT molecular complexity index is 3010. The van der Waals surface area contributed by atoms with E-state index >= 15 is 0 Å². The molecular weight excluding hydrogens is 629 g/mol. The van der Waals surface area contributed by atoms with Gasteiger partial charge >= 0.3 is 0 Å². The summed E-state index contributed by atoms with van der Waals surface area (Å²) in [6, 6.07) is 62.4. The van der Waals surface area contributed by atoms with Crippen molar-refractivity contribution in [1.82, 2.24) is 0 Å². The van der Waals surface area contributed by atoms with Crippen LogP contribution in [0.1, 0.15) is 25.0 Å². The first-order valence-electron chi connectivity index (χ1n) is 18.2. The van der Waals surface area contributed by atoms with Crippen molar-refractivity contribution in [1.29, 1.82) is 0 Å². The average Bonchev–Trinajstić information content (AvgIpc) is 3.67. The molecule has 1 heteroatoms. The Morgan fingerprint density at radius 2 is 0.923 bits per heavy atom. The Hall–Kier alpha value is -6.44. The molecule has 244 valence electrons. The molecule has 0 N–H and O–H groups in total. The molecule has 1 aromatic heterocycles. The van der Waals surface area contributed by atoms with E-state index in [9.17, 15) is 0 Å². The minimum atomic E-state index is -0.131. The average molecular weight is 663 g/mol. The summed E-state index contributed by atoms with van der Waals surface area (Å²) < 4.78 is 6.26. The zero-order chi connectivity index (χ0) is 34.6. The first kappa shape index (κ1) is 29.3. The zero-order valence-electron chi connectivity index (χ0n) is 29.1. The van der Waals surface area contributed by atoms with Crippen molar-refractivity contribution in [3.05, 3.63) is 181 Å². The van der Waals surface area contributed by atoms with Crippen LogP contribution in [0, 0.1) is 0 Å². The van der Waals surface area contributed by atoms with Gasteiger partial charge in [-0.15, -0.1) is 0 Å². The minimum Gasteiger partial charge on any atom is -0.456 e. The normalized spacial score (nSPS) is 13.3. The number of furan rings is 1. The molecule has 52 heavy (non-hydrogen) atoms. The Kier molecular flexibility index (Phi) is 6.08. The second kappa shape index (κ2) is 10.8. The lowest BCUT2D eigenvalue weighted by Gasteiger charge is -2.23.